The lowest BCUT2D eigenvalue weighted by atomic mass is 10.1. The third kappa shape index (κ3) is 2.98. The number of hydrogen-bond acceptors (Lipinski definition) is 5. The number of carbonyl (C=O) groups excluding carboxylic acids is 1. The van der Waals surface area contributed by atoms with E-state index < -0.39 is 27.3 Å². The number of ether oxygens (including phenoxy) is 1. The van der Waals surface area contributed by atoms with Crippen LogP contribution in [0.15, 0.2) is 36.4 Å². The molecule has 0 aliphatic rings. The Kier molecular flexibility index (Phi) is 4.01. The van der Waals surface area contributed by atoms with E-state index in [-0.39, 0.29) is 10.9 Å². The van der Waals surface area contributed by atoms with Crippen molar-refractivity contribution in [2.24, 2.45) is 0 Å². The van der Waals surface area contributed by atoms with Gasteiger partial charge in [-0.3, -0.25) is 0 Å². The van der Waals surface area contributed by atoms with Gasteiger partial charge in [-0.05, 0) is 23.6 Å². The molecule has 0 saturated carbocycles. The summed E-state index contributed by atoms with van der Waals surface area (Å²) in [5, 5.41) is 0.445. The summed E-state index contributed by atoms with van der Waals surface area (Å²) >= 11 is 0. The second-order valence-electron chi connectivity index (χ2n) is 4.17. The maximum Gasteiger partial charge on any atom is 0.534 e. The maximum absolute atomic E-state index is 12.4. The number of carbonyl (C=O) groups is 1. The zero-order valence-corrected chi connectivity index (χ0v) is 11.9. The van der Waals surface area contributed by atoms with E-state index in [1.54, 1.807) is 0 Å². The summed E-state index contributed by atoms with van der Waals surface area (Å²) < 4.78 is 68.0. The molecule has 2 aromatic rings. The number of alkyl halides is 3. The predicted octanol–water partition coefficient (Wildman–Crippen LogP) is 2.85. The number of halogens is 3. The van der Waals surface area contributed by atoms with E-state index >= 15 is 0 Å². The molecular formula is C13H9F3O5S. The average molecular weight is 334 g/mol. The summed E-state index contributed by atoms with van der Waals surface area (Å²) in [6.07, 6.45) is 0. The molecule has 2 aromatic carbocycles. The van der Waals surface area contributed by atoms with Gasteiger partial charge in [0.05, 0.1) is 12.7 Å². The molecular weight excluding hydrogens is 325 g/mol. The van der Waals surface area contributed by atoms with Crippen molar-refractivity contribution in [3.05, 3.63) is 42.0 Å². The summed E-state index contributed by atoms with van der Waals surface area (Å²) in [5.74, 6) is -1.24. The summed E-state index contributed by atoms with van der Waals surface area (Å²) in [7, 11) is -4.66. The van der Waals surface area contributed by atoms with E-state index in [1.807, 2.05) is 0 Å². The highest BCUT2D eigenvalue weighted by Gasteiger charge is 2.48. The Hall–Kier alpha value is -2.29. The molecule has 0 fully saturated rings. The number of fused-ring (bicyclic) bond motifs is 1. The second-order valence-corrected chi connectivity index (χ2v) is 5.70. The zero-order valence-electron chi connectivity index (χ0n) is 11.0. The molecule has 118 valence electrons. The third-order valence-electron chi connectivity index (χ3n) is 2.75. The van der Waals surface area contributed by atoms with Crippen molar-refractivity contribution >= 4 is 26.9 Å². The van der Waals surface area contributed by atoms with Crippen LogP contribution >= 0.6 is 0 Å². The maximum atomic E-state index is 12.4. The van der Waals surface area contributed by atoms with E-state index in [0.29, 0.717) is 5.39 Å². The van der Waals surface area contributed by atoms with Crippen LogP contribution in [0.5, 0.6) is 5.75 Å². The first-order chi connectivity index (χ1) is 10.2. The Labute approximate surface area is 123 Å². The Bertz CT molecular complexity index is 827. The molecule has 9 heteroatoms. The minimum absolute atomic E-state index is 0.0400. The fraction of sp³-hybridized carbons (Fsp3) is 0.154. The number of methoxy groups -OCH3 is 1. The molecule has 0 aliphatic carbocycles. The SMILES string of the molecule is COC(=O)c1ccc2cccc(OS(=O)(=O)C(F)(F)F)c2c1. The fourth-order valence-corrected chi connectivity index (χ4v) is 2.20. The first kappa shape index (κ1) is 16.1. The summed E-state index contributed by atoms with van der Waals surface area (Å²) in [6.45, 7) is 0. The molecule has 0 atom stereocenters. The Morgan fingerprint density at radius 1 is 1.14 bits per heavy atom. The topological polar surface area (TPSA) is 69.7 Å². The monoisotopic (exact) mass is 334 g/mol. The largest absolute Gasteiger partial charge is 0.534 e. The lowest BCUT2D eigenvalue weighted by Crippen LogP contribution is -2.28. The Balaban J connectivity index is 2.57. The molecule has 0 radical (unpaired) electrons. The summed E-state index contributed by atoms with van der Waals surface area (Å²) in [6, 6.07) is 7.96. The molecule has 0 N–H and O–H groups in total. The van der Waals surface area contributed by atoms with Gasteiger partial charge in [-0.25, -0.2) is 4.79 Å². The fourth-order valence-electron chi connectivity index (χ4n) is 1.73. The third-order valence-corrected chi connectivity index (χ3v) is 3.71. The number of benzene rings is 2. The van der Waals surface area contributed by atoms with Crippen LogP contribution in [-0.4, -0.2) is 27.0 Å². The zero-order chi connectivity index (χ0) is 16.5. The number of rotatable bonds is 3. The van der Waals surface area contributed by atoms with Crippen LogP contribution in [0.2, 0.25) is 0 Å². The molecule has 0 unspecified atom stereocenters. The molecule has 0 spiro atoms. The van der Waals surface area contributed by atoms with Gasteiger partial charge >= 0.3 is 21.6 Å². The highest BCUT2D eigenvalue weighted by atomic mass is 32.2. The van der Waals surface area contributed by atoms with Crippen LogP contribution in [0.25, 0.3) is 10.8 Å². The van der Waals surface area contributed by atoms with Crippen LogP contribution in [0.3, 0.4) is 0 Å². The van der Waals surface area contributed by atoms with Crippen LogP contribution in [0, 0.1) is 0 Å². The van der Waals surface area contributed by atoms with Crippen molar-refractivity contribution < 1.29 is 35.3 Å². The van der Waals surface area contributed by atoms with Crippen molar-refractivity contribution in [2.45, 2.75) is 5.51 Å². The molecule has 5 nitrogen and oxygen atoms in total. The van der Waals surface area contributed by atoms with Gasteiger partial charge in [-0.1, -0.05) is 18.2 Å². The van der Waals surface area contributed by atoms with E-state index in [2.05, 4.69) is 8.92 Å². The highest BCUT2D eigenvalue weighted by Crippen LogP contribution is 2.32. The van der Waals surface area contributed by atoms with Crippen molar-refractivity contribution in [3.8, 4) is 5.75 Å². The van der Waals surface area contributed by atoms with Crippen LogP contribution in [-0.2, 0) is 14.9 Å². The molecule has 0 aromatic heterocycles. The molecule has 2 rings (SSSR count). The van der Waals surface area contributed by atoms with E-state index in [9.17, 15) is 26.4 Å². The standard InChI is InChI=1S/C13H9F3O5S/c1-20-12(17)9-6-5-8-3-2-4-11(10(8)7-9)21-22(18,19)13(14,15)16/h2-7H,1H3. The van der Waals surface area contributed by atoms with Gasteiger partial charge in [0.25, 0.3) is 0 Å². The molecule has 0 saturated heterocycles. The van der Waals surface area contributed by atoms with Gasteiger partial charge < -0.3 is 8.92 Å². The quantitative estimate of drug-likeness (QED) is 0.490. The van der Waals surface area contributed by atoms with E-state index in [1.165, 1.54) is 30.3 Å². The van der Waals surface area contributed by atoms with E-state index in [4.69, 9.17) is 0 Å². The van der Waals surface area contributed by atoms with Gasteiger partial charge in [-0.15, -0.1) is 0 Å². The first-order valence-corrected chi connectivity index (χ1v) is 7.18. The van der Waals surface area contributed by atoms with Crippen LogP contribution < -0.4 is 4.18 Å². The Morgan fingerprint density at radius 2 is 1.82 bits per heavy atom. The van der Waals surface area contributed by atoms with Gasteiger partial charge in [-0.2, -0.15) is 21.6 Å². The molecule has 22 heavy (non-hydrogen) atoms. The van der Waals surface area contributed by atoms with Crippen LogP contribution in [0.4, 0.5) is 13.2 Å². The Morgan fingerprint density at radius 3 is 2.41 bits per heavy atom. The van der Waals surface area contributed by atoms with Gasteiger partial charge in [0, 0.05) is 5.39 Å². The van der Waals surface area contributed by atoms with Crippen molar-refractivity contribution in [1.29, 1.82) is 0 Å². The lowest BCUT2D eigenvalue weighted by molar-refractivity contribution is -0.0499. The normalized spacial score (nSPS) is 12.2. The minimum atomic E-state index is -5.80. The van der Waals surface area contributed by atoms with Gasteiger partial charge in [0.1, 0.15) is 0 Å². The average Bonchev–Trinajstić information content (AvgIpc) is 2.45. The lowest BCUT2D eigenvalue weighted by Gasteiger charge is -2.12. The number of esters is 1. The van der Waals surface area contributed by atoms with Crippen molar-refractivity contribution in [3.63, 3.8) is 0 Å². The molecule has 0 bridgehead atoms. The number of hydrogen-bond donors (Lipinski definition) is 0. The summed E-state index contributed by atoms with van der Waals surface area (Å²) in [5.41, 5.74) is -5.50. The minimum Gasteiger partial charge on any atom is -0.465 e. The van der Waals surface area contributed by atoms with Crippen LogP contribution in [0.1, 0.15) is 10.4 Å². The molecule has 0 amide bonds. The van der Waals surface area contributed by atoms with Gasteiger partial charge in [0.15, 0.2) is 5.75 Å². The molecule has 0 heterocycles. The van der Waals surface area contributed by atoms with E-state index in [0.717, 1.165) is 13.2 Å². The smallest absolute Gasteiger partial charge is 0.465 e. The molecule has 0 aliphatic heterocycles. The summed E-state index contributed by atoms with van der Waals surface area (Å²) in [4.78, 5) is 11.5. The predicted molar refractivity (Wildman–Crippen MR) is 70.9 cm³/mol. The van der Waals surface area contributed by atoms with Crippen molar-refractivity contribution in [2.75, 3.05) is 7.11 Å². The second kappa shape index (κ2) is 5.48. The first-order valence-electron chi connectivity index (χ1n) is 5.77. The van der Waals surface area contributed by atoms with Crippen molar-refractivity contribution in [1.82, 2.24) is 0 Å². The van der Waals surface area contributed by atoms with Gasteiger partial charge in [0.2, 0.25) is 0 Å². The highest BCUT2D eigenvalue weighted by molar-refractivity contribution is 7.88.